The van der Waals surface area contributed by atoms with Crippen LogP contribution in [-0.2, 0) is 6.54 Å². The molecular weight excluding hydrogens is 320 g/mol. The Balaban J connectivity index is 1.81. The maximum Gasteiger partial charge on any atom is 0.291 e. The van der Waals surface area contributed by atoms with Gasteiger partial charge < -0.3 is 11.1 Å². The summed E-state index contributed by atoms with van der Waals surface area (Å²) in [5.41, 5.74) is 6.65. The molecule has 0 saturated heterocycles. The predicted octanol–water partition coefficient (Wildman–Crippen LogP) is 2.10. The Bertz CT molecular complexity index is 540. The number of hydrogen-bond donors (Lipinski definition) is 2. The smallest absolute Gasteiger partial charge is 0.291 e. The second kappa shape index (κ2) is 5.85. The summed E-state index contributed by atoms with van der Waals surface area (Å²) in [7, 11) is 0. The van der Waals surface area contributed by atoms with E-state index in [1.807, 2.05) is 0 Å². The lowest BCUT2D eigenvalue weighted by Gasteiger charge is -2.26. The summed E-state index contributed by atoms with van der Waals surface area (Å²) in [6.07, 6.45) is 8.58. The lowest BCUT2D eigenvalue weighted by Crippen LogP contribution is -2.38. The zero-order chi connectivity index (χ0) is 14.1. The topological polar surface area (TPSA) is 72.9 Å². The van der Waals surface area contributed by atoms with E-state index in [1.54, 1.807) is 10.9 Å². The van der Waals surface area contributed by atoms with Crippen molar-refractivity contribution < 1.29 is 0 Å². The lowest BCUT2D eigenvalue weighted by atomic mass is 9.85. The lowest BCUT2D eigenvalue weighted by molar-refractivity contribution is 0.262. The summed E-state index contributed by atoms with van der Waals surface area (Å²) < 4.78 is 2.32. The van der Waals surface area contributed by atoms with Gasteiger partial charge >= 0.3 is 0 Å². The van der Waals surface area contributed by atoms with Crippen LogP contribution in [0.3, 0.4) is 0 Å². The maximum absolute atomic E-state index is 12.5. The van der Waals surface area contributed by atoms with Crippen LogP contribution < -0.4 is 16.6 Å². The molecular formula is C14H21BrN4O. The predicted molar refractivity (Wildman–Crippen MR) is 82.8 cm³/mol. The van der Waals surface area contributed by atoms with Gasteiger partial charge in [0.25, 0.3) is 5.56 Å². The van der Waals surface area contributed by atoms with E-state index < -0.39 is 0 Å². The standard InChI is InChI=1S/C14H21BrN4O/c15-10-7-17-19(8-9-3-1-4-9)14(20)13(10)18-12-6-2-5-11(12)16/h7,9,11-12,18H,1-6,8,16H2. The Morgan fingerprint density at radius 1 is 1.35 bits per heavy atom. The van der Waals surface area contributed by atoms with Crippen LogP contribution in [0.5, 0.6) is 0 Å². The molecule has 2 saturated carbocycles. The molecule has 110 valence electrons. The first-order chi connectivity index (χ1) is 9.65. The minimum absolute atomic E-state index is 0.0367. The molecule has 0 bridgehead atoms. The summed E-state index contributed by atoms with van der Waals surface area (Å²) in [4.78, 5) is 12.5. The van der Waals surface area contributed by atoms with Crippen LogP contribution >= 0.6 is 15.9 Å². The number of rotatable bonds is 4. The molecule has 2 aliphatic rings. The fourth-order valence-corrected chi connectivity index (χ4v) is 3.38. The molecule has 6 heteroatoms. The van der Waals surface area contributed by atoms with Gasteiger partial charge in [-0.05, 0) is 54.0 Å². The van der Waals surface area contributed by atoms with E-state index in [4.69, 9.17) is 5.73 Å². The Morgan fingerprint density at radius 2 is 2.10 bits per heavy atom. The summed E-state index contributed by atoms with van der Waals surface area (Å²) in [6, 6.07) is 0.327. The van der Waals surface area contributed by atoms with Crippen molar-refractivity contribution in [3.8, 4) is 0 Å². The van der Waals surface area contributed by atoms with Gasteiger partial charge in [-0.1, -0.05) is 6.42 Å². The van der Waals surface area contributed by atoms with E-state index in [-0.39, 0.29) is 17.6 Å². The van der Waals surface area contributed by atoms with Gasteiger partial charge in [-0.2, -0.15) is 5.10 Å². The first kappa shape index (κ1) is 14.1. The van der Waals surface area contributed by atoms with E-state index >= 15 is 0 Å². The molecule has 0 aromatic carbocycles. The molecule has 20 heavy (non-hydrogen) atoms. The van der Waals surface area contributed by atoms with E-state index in [2.05, 4.69) is 26.3 Å². The van der Waals surface area contributed by atoms with Crippen molar-refractivity contribution in [3.63, 3.8) is 0 Å². The second-order valence-electron chi connectivity index (χ2n) is 6.00. The number of halogens is 1. The third-order valence-electron chi connectivity index (χ3n) is 4.55. The molecule has 2 aliphatic carbocycles. The molecule has 3 N–H and O–H groups in total. The van der Waals surface area contributed by atoms with Crippen LogP contribution in [0, 0.1) is 5.92 Å². The quantitative estimate of drug-likeness (QED) is 0.880. The van der Waals surface area contributed by atoms with Crippen LogP contribution in [0.15, 0.2) is 15.5 Å². The van der Waals surface area contributed by atoms with Gasteiger partial charge in [-0.3, -0.25) is 4.79 Å². The Hall–Kier alpha value is -0.880. The van der Waals surface area contributed by atoms with Crippen molar-refractivity contribution in [1.82, 2.24) is 9.78 Å². The van der Waals surface area contributed by atoms with Gasteiger partial charge in [0, 0.05) is 18.6 Å². The van der Waals surface area contributed by atoms with E-state index in [0.29, 0.717) is 11.6 Å². The molecule has 1 aromatic heterocycles. The van der Waals surface area contributed by atoms with E-state index in [9.17, 15) is 4.79 Å². The first-order valence-electron chi connectivity index (χ1n) is 7.43. The van der Waals surface area contributed by atoms with Gasteiger partial charge in [0.05, 0.1) is 10.7 Å². The fourth-order valence-electron chi connectivity index (χ4n) is 3.00. The minimum Gasteiger partial charge on any atom is -0.375 e. The summed E-state index contributed by atoms with van der Waals surface area (Å²) in [6.45, 7) is 0.734. The van der Waals surface area contributed by atoms with E-state index in [0.717, 1.165) is 30.3 Å². The number of nitrogens with two attached hydrogens (primary N) is 1. The third kappa shape index (κ3) is 2.76. The number of nitrogens with zero attached hydrogens (tertiary/aromatic N) is 2. The Morgan fingerprint density at radius 3 is 2.70 bits per heavy atom. The highest BCUT2D eigenvalue weighted by Gasteiger charge is 2.26. The van der Waals surface area contributed by atoms with Gasteiger partial charge in [0.1, 0.15) is 5.69 Å². The molecule has 1 heterocycles. The number of hydrogen-bond acceptors (Lipinski definition) is 4. The molecule has 3 rings (SSSR count). The zero-order valence-corrected chi connectivity index (χ0v) is 13.1. The zero-order valence-electron chi connectivity index (χ0n) is 11.5. The van der Waals surface area contributed by atoms with Crippen molar-refractivity contribution in [1.29, 1.82) is 0 Å². The first-order valence-corrected chi connectivity index (χ1v) is 8.22. The van der Waals surface area contributed by atoms with Crippen LogP contribution in [-0.4, -0.2) is 21.9 Å². The molecule has 5 nitrogen and oxygen atoms in total. The number of anilines is 1. The van der Waals surface area contributed by atoms with Crippen molar-refractivity contribution in [2.75, 3.05) is 5.32 Å². The van der Waals surface area contributed by atoms with Crippen molar-refractivity contribution >= 4 is 21.6 Å². The average molecular weight is 341 g/mol. The molecule has 0 spiro atoms. The average Bonchev–Trinajstić information content (AvgIpc) is 2.77. The van der Waals surface area contributed by atoms with Gasteiger partial charge in [-0.15, -0.1) is 0 Å². The molecule has 0 aliphatic heterocycles. The monoisotopic (exact) mass is 340 g/mol. The molecule has 1 aromatic rings. The summed E-state index contributed by atoms with van der Waals surface area (Å²) in [5.74, 6) is 0.614. The molecule has 0 amide bonds. The van der Waals surface area contributed by atoms with Crippen LogP contribution in [0.25, 0.3) is 0 Å². The van der Waals surface area contributed by atoms with Crippen molar-refractivity contribution in [2.24, 2.45) is 11.7 Å². The molecule has 2 fully saturated rings. The number of aromatic nitrogens is 2. The van der Waals surface area contributed by atoms with Crippen LogP contribution in [0.4, 0.5) is 5.69 Å². The van der Waals surface area contributed by atoms with Crippen molar-refractivity contribution in [3.05, 3.63) is 21.0 Å². The van der Waals surface area contributed by atoms with Crippen LogP contribution in [0.1, 0.15) is 38.5 Å². The minimum atomic E-state index is -0.0367. The third-order valence-corrected chi connectivity index (χ3v) is 5.15. The Kier molecular flexibility index (Phi) is 4.12. The Labute approximate surface area is 127 Å². The van der Waals surface area contributed by atoms with Crippen molar-refractivity contribution in [2.45, 2.75) is 57.2 Å². The normalized spacial score (nSPS) is 26.5. The highest BCUT2D eigenvalue weighted by Crippen LogP contribution is 2.28. The number of nitrogens with one attached hydrogen (secondary N) is 1. The maximum atomic E-state index is 12.5. The molecule has 0 radical (unpaired) electrons. The van der Waals surface area contributed by atoms with E-state index in [1.165, 1.54) is 19.3 Å². The fraction of sp³-hybridized carbons (Fsp3) is 0.714. The highest BCUT2D eigenvalue weighted by molar-refractivity contribution is 9.10. The molecule has 2 atom stereocenters. The largest absolute Gasteiger partial charge is 0.375 e. The van der Waals surface area contributed by atoms with Gasteiger partial charge in [-0.25, -0.2) is 4.68 Å². The van der Waals surface area contributed by atoms with Crippen LogP contribution in [0.2, 0.25) is 0 Å². The summed E-state index contributed by atoms with van der Waals surface area (Å²) in [5, 5.41) is 7.57. The van der Waals surface area contributed by atoms with Gasteiger partial charge in [0.15, 0.2) is 0 Å². The highest BCUT2D eigenvalue weighted by atomic mass is 79.9. The molecule has 2 unspecified atom stereocenters. The summed E-state index contributed by atoms with van der Waals surface area (Å²) >= 11 is 3.43. The SMILES string of the molecule is NC1CCCC1Nc1c(Br)cnn(CC2CCC2)c1=O. The van der Waals surface area contributed by atoms with Gasteiger partial charge in [0.2, 0.25) is 0 Å². The second-order valence-corrected chi connectivity index (χ2v) is 6.85.